The molecule has 6 heteroatoms. The smallest absolute Gasteiger partial charge is 0.337 e. The van der Waals surface area contributed by atoms with Crippen LogP contribution in [0.4, 0.5) is 17.1 Å². The van der Waals surface area contributed by atoms with E-state index in [1.165, 1.54) is 7.11 Å². The molecule has 3 rings (SSSR count). The van der Waals surface area contributed by atoms with Gasteiger partial charge in [0.05, 0.1) is 24.6 Å². The Hall–Kier alpha value is -3.67. The average molecular weight is 375 g/mol. The summed E-state index contributed by atoms with van der Waals surface area (Å²) >= 11 is 0. The zero-order valence-corrected chi connectivity index (χ0v) is 15.9. The number of nitrogens with zero attached hydrogens (tertiary/aromatic N) is 1. The third-order valence-electron chi connectivity index (χ3n) is 4.22. The molecular weight excluding hydrogens is 354 g/mol. The van der Waals surface area contributed by atoms with E-state index in [2.05, 4.69) is 20.4 Å². The van der Waals surface area contributed by atoms with Gasteiger partial charge in [-0.25, -0.2) is 9.78 Å². The van der Waals surface area contributed by atoms with E-state index < -0.39 is 0 Å². The zero-order valence-electron chi connectivity index (χ0n) is 15.9. The van der Waals surface area contributed by atoms with Crippen molar-refractivity contribution in [2.24, 2.45) is 0 Å². The summed E-state index contributed by atoms with van der Waals surface area (Å²) in [4.78, 5) is 28.1. The number of nitrogens with one attached hydrogen (secondary N) is 2. The van der Waals surface area contributed by atoms with E-state index in [1.807, 2.05) is 32.0 Å². The molecule has 3 aromatic rings. The number of rotatable bonds is 5. The molecule has 0 unspecified atom stereocenters. The first kappa shape index (κ1) is 19.1. The van der Waals surface area contributed by atoms with E-state index in [0.717, 1.165) is 28.2 Å². The largest absolute Gasteiger partial charge is 0.465 e. The van der Waals surface area contributed by atoms with E-state index >= 15 is 0 Å². The highest BCUT2D eigenvalue weighted by atomic mass is 16.5. The Balaban J connectivity index is 1.65. The number of pyridine rings is 1. The first-order chi connectivity index (χ1) is 13.5. The van der Waals surface area contributed by atoms with Crippen molar-refractivity contribution in [1.29, 1.82) is 0 Å². The van der Waals surface area contributed by atoms with Gasteiger partial charge in [0.15, 0.2) is 0 Å². The maximum absolute atomic E-state index is 12.4. The molecule has 0 saturated carbocycles. The Morgan fingerprint density at radius 3 is 2.25 bits per heavy atom. The molecule has 0 aliphatic heterocycles. The van der Waals surface area contributed by atoms with Crippen molar-refractivity contribution >= 4 is 28.9 Å². The number of aromatic nitrogens is 1. The second-order valence-corrected chi connectivity index (χ2v) is 6.40. The zero-order chi connectivity index (χ0) is 20.1. The van der Waals surface area contributed by atoms with Crippen LogP contribution in [-0.2, 0) is 4.74 Å². The molecule has 0 saturated heterocycles. The molecule has 0 aliphatic carbocycles. The molecule has 2 N–H and O–H groups in total. The molecule has 28 heavy (non-hydrogen) atoms. The summed E-state index contributed by atoms with van der Waals surface area (Å²) in [6.45, 7) is 3.96. The lowest BCUT2D eigenvalue weighted by Gasteiger charge is -2.10. The fourth-order valence-corrected chi connectivity index (χ4v) is 2.72. The Labute approximate surface area is 163 Å². The lowest BCUT2D eigenvalue weighted by Crippen LogP contribution is -2.14. The quantitative estimate of drug-likeness (QED) is 0.643. The number of methoxy groups -OCH3 is 1. The molecule has 0 fully saturated rings. The summed E-state index contributed by atoms with van der Waals surface area (Å²) in [5.74, 6) is -0.645. The molecule has 0 atom stereocenters. The van der Waals surface area contributed by atoms with Crippen LogP contribution >= 0.6 is 0 Å². The predicted molar refractivity (Wildman–Crippen MR) is 109 cm³/mol. The number of carbonyl (C=O) groups is 2. The third-order valence-corrected chi connectivity index (χ3v) is 4.22. The van der Waals surface area contributed by atoms with Gasteiger partial charge in [-0.1, -0.05) is 17.7 Å². The molecule has 1 heterocycles. The minimum atomic E-state index is -0.382. The molecule has 0 bridgehead atoms. The van der Waals surface area contributed by atoms with Crippen molar-refractivity contribution in [2.45, 2.75) is 13.8 Å². The molecule has 2 aromatic carbocycles. The van der Waals surface area contributed by atoms with Gasteiger partial charge in [-0.2, -0.15) is 0 Å². The van der Waals surface area contributed by atoms with E-state index in [-0.39, 0.29) is 11.9 Å². The van der Waals surface area contributed by atoms with Gasteiger partial charge in [-0.15, -0.1) is 0 Å². The van der Waals surface area contributed by atoms with Gasteiger partial charge in [0.1, 0.15) is 5.69 Å². The van der Waals surface area contributed by atoms with Crippen molar-refractivity contribution < 1.29 is 14.3 Å². The van der Waals surface area contributed by atoms with Crippen LogP contribution in [0.1, 0.15) is 32.0 Å². The van der Waals surface area contributed by atoms with Gasteiger partial charge in [0.2, 0.25) is 0 Å². The fraction of sp³-hybridized carbons (Fsp3) is 0.136. The van der Waals surface area contributed by atoms with E-state index in [0.29, 0.717) is 11.3 Å². The number of carbonyl (C=O) groups excluding carboxylic acids is 2. The predicted octanol–water partition coefficient (Wildman–Crippen LogP) is 4.48. The van der Waals surface area contributed by atoms with Crippen molar-refractivity contribution in [3.8, 4) is 0 Å². The van der Waals surface area contributed by atoms with Crippen LogP contribution in [0.15, 0.2) is 60.8 Å². The second-order valence-electron chi connectivity index (χ2n) is 6.40. The Kier molecular flexibility index (Phi) is 5.69. The molecule has 0 spiro atoms. The molecule has 1 aromatic heterocycles. The minimum absolute atomic E-state index is 0.263. The molecule has 0 radical (unpaired) electrons. The van der Waals surface area contributed by atoms with E-state index in [1.54, 1.807) is 42.6 Å². The van der Waals surface area contributed by atoms with Crippen molar-refractivity contribution in [3.63, 3.8) is 0 Å². The van der Waals surface area contributed by atoms with Gasteiger partial charge in [0.25, 0.3) is 5.91 Å². The first-order valence-corrected chi connectivity index (χ1v) is 8.76. The first-order valence-electron chi connectivity index (χ1n) is 8.76. The summed E-state index contributed by atoms with van der Waals surface area (Å²) in [5, 5.41) is 6.05. The number of esters is 1. The normalized spacial score (nSPS) is 10.2. The second kappa shape index (κ2) is 8.35. The highest BCUT2D eigenvalue weighted by molar-refractivity contribution is 6.03. The molecule has 142 valence electrons. The highest BCUT2D eigenvalue weighted by Gasteiger charge is 2.10. The van der Waals surface area contributed by atoms with Gasteiger partial charge < -0.3 is 15.4 Å². The van der Waals surface area contributed by atoms with Crippen LogP contribution in [0.2, 0.25) is 0 Å². The molecule has 0 aliphatic rings. The number of aryl methyl sites for hydroxylation is 2. The molecule has 1 amide bonds. The molecular formula is C22H21N3O3. The van der Waals surface area contributed by atoms with Crippen LogP contribution < -0.4 is 10.6 Å². The van der Waals surface area contributed by atoms with Crippen molar-refractivity contribution in [1.82, 2.24) is 4.98 Å². The van der Waals surface area contributed by atoms with Crippen LogP contribution in [0.25, 0.3) is 0 Å². The summed E-state index contributed by atoms with van der Waals surface area (Å²) in [6.07, 6.45) is 1.59. The van der Waals surface area contributed by atoms with E-state index in [4.69, 9.17) is 0 Å². The standard InChI is InChI=1S/C22H21N3O3/c1-14-4-10-19(15(2)12-14)25-21(26)20-11-9-18(13-23-20)24-17-7-5-16(6-8-17)22(27)28-3/h4-13,24H,1-3H3,(H,25,26). The topological polar surface area (TPSA) is 80.3 Å². The Morgan fingerprint density at radius 1 is 0.929 bits per heavy atom. The number of anilines is 3. The monoisotopic (exact) mass is 375 g/mol. The lowest BCUT2D eigenvalue weighted by atomic mass is 10.1. The minimum Gasteiger partial charge on any atom is -0.465 e. The molecule has 6 nitrogen and oxygen atoms in total. The number of benzene rings is 2. The van der Waals surface area contributed by atoms with Gasteiger partial charge in [-0.3, -0.25) is 4.79 Å². The Morgan fingerprint density at radius 2 is 1.64 bits per heavy atom. The highest BCUT2D eigenvalue weighted by Crippen LogP contribution is 2.19. The average Bonchev–Trinajstić information content (AvgIpc) is 2.70. The summed E-state index contributed by atoms with van der Waals surface area (Å²) in [7, 11) is 1.35. The summed E-state index contributed by atoms with van der Waals surface area (Å²) in [5.41, 5.74) is 5.24. The number of ether oxygens (including phenoxy) is 1. The number of hydrogen-bond acceptors (Lipinski definition) is 5. The fourth-order valence-electron chi connectivity index (χ4n) is 2.72. The van der Waals surface area contributed by atoms with Gasteiger partial charge in [-0.05, 0) is 61.9 Å². The van der Waals surface area contributed by atoms with Gasteiger partial charge >= 0.3 is 5.97 Å². The van der Waals surface area contributed by atoms with Gasteiger partial charge in [0, 0.05) is 11.4 Å². The maximum Gasteiger partial charge on any atom is 0.337 e. The van der Waals surface area contributed by atoms with Crippen LogP contribution in [-0.4, -0.2) is 24.0 Å². The van der Waals surface area contributed by atoms with Crippen LogP contribution in [0.5, 0.6) is 0 Å². The SMILES string of the molecule is COC(=O)c1ccc(Nc2ccc(C(=O)Nc3ccc(C)cc3C)nc2)cc1. The third kappa shape index (κ3) is 4.54. The Bertz CT molecular complexity index is 997. The van der Waals surface area contributed by atoms with Crippen LogP contribution in [0, 0.1) is 13.8 Å². The number of hydrogen-bond donors (Lipinski definition) is 2. The maximum atomic E-state index is 12.4. The van der Waals surface area contributed by atoms with Crippen molar-refractivity contribution in [3.05, 3.63) is 83.2 Å². The summed E-state index contributed by atoms with van der Waals surface area (Å²) in [6, 6.07) is 16.2. The summed E-state index contributed by atoms with van der Waals surface area (Å²) < 4.78 is 4.68. The van der Waals surface area contributed by atoms with E-state index in [9.17, 15) is 9.59 Å². The van der Waals surface area contributed by atoms with Crippen molar-refractivity contribution in [2.75, 3.05) is 17.7 Å². The van der Waals surface area contributed by atoms with Crippen LogP contribution in [0.3, 0.4) is 0 Å². The number of amides is 1. The lowest BCUT2D eigenvalue weighted by molar-refractivity contribution is 0.0600.